The average molecular weight is 523 g/mol. The van der Waals surface area contributed by atoms with E-state index in [9.17, 15) is 14.4 Å². The van der Waals surface area contributed by atoms with Gasteiger partial charge >= 0.3 is 6.09 Å². The van der Waals surface area contributed by atoms with Gasteiger partial charge in [0.2, 0.25) is 0 Å². The number of amides is 2. The first-order valence-corrected chi connectivity index (χ1v) is 13.2. The summed E-state index contributed by atoms with van der Waals surface area (Å²) in [5, 5.41) is 3.81. The number of likely N-dealkylation sites (tertiary alicyclic amines) is 1. The van der Waals surface area contributed by atoms with E-state index < -0.39 is 0 Å². The third-order valence-electron chi connectivity index (χ3n) is 7.48. The van der Waals surface area contributed by atoms with Gasteiger partial charge in [0.05, 0.1) is 30.9 Å². The van der Waals surface area contributed by atoms with Crippen molar-refractivity contribution in [2.45, 2.75) is 66.2 Å². The van der Waals surface area contributed by atoms with E-state index in [4.69, 9.17) is 9.47 Å². The molecule has 1 fully saturated rings. The van der Waals surface area contributed by atoms with Gasteiger partial charge in [-0.3, -0.25) is 9.59 Å². The second-order valence-electron chi connectivity index (χ2n) is 10.4. The minimum atomic E-state index is -0.279. The number of hydrogen-bond donors (Lipinski definition) is 2. The number of piperidine rings is 1. The minimum Gasteiger partial charge on any atom is -0.496 e. The van der Waals surface area contributed by atoms with Crippen molar-refractivity contribution >= 4 is 22.9 Å². The maximum Gasteiger partial charge on any atom is 0.410 e. The van der Waals surface area contributed by atoms with Crippen LogP contribution >= 0.6 is 0 Å². The number of pyridine rings is 1. The van der Waals surface area contributed by atoms with Crippen molar-refractivity contribution in [1.82, 2.24) is 19.8 Å². The Kier molecular flexibility index (Phi) is 8.14. The number of ether oxygens (including phenoxy) is 2. The highest BCUT2D eigenvalue weighted by molar-refractivity contribution is 6.08. The molecule has 0 bridgehead atoms. The highest BCUT2D eigenvalue weighted by Gasteiger charge is 2.31. The first kappa shape index (κ1) is 27.3. The Bertz CT molecular complexity index is 1380. The van der Waals surface area contributed by atoms with Gasteiger partial charge < -0.3 is 29.2 Å². The summed E-state index contributed by atoms with van der Waals surface area (Å²) in [5.41, 5.74) is 3.27. The zero-order valence-corrected chi connectivity index (χ0v) is 23.1. The standard InChI is InChI=1S/C29H38N4O5/c1-17(2)38-29(36)32-13-11-21(12-14-32)19(4)33-20(5)26(22-9-7-8-10-24(22)33)28(35)30-16-23-25(37-6)15-18(3)31-27(23)34/h7-10,15,17,19,21H,11-14,16H2,1-6H3,(H,30,35)(H,31,34)/t19-/m1/s1. The highest BCUT2D eigenvalue weighted by atomic mass is 16.6. The second-order valence-corrected chi connectivity index (χ2v) is 10.4. The molecule has 0 saturated carbocycles. The summed E-state index contributed by atoms with van der Waals surface area (Å²) in [4.78, 5) is 42.9. The van der Waals surface area contributed by atoms with Crippen molar-refractivity contribution < 1.29 is 19.1 Å². The van der Waals surface area contributed by atoms with Crippen LogP contribution in [0.15, 0.2) is 35.1 Å². The molecule has 9 nitrogen and oxygen atoms in total. The Labute approximate surface area is 223 Å². The van der Waals surface area contributed by atoms with Crippen LogP contribution in [0, 0.1) is 19.8 Å². The van der Waals surface area contributed by atoms with Crippen LogP contribution in [0.3, 0.4) is 0 Å². The number of carbonyl (C=O) groups excluding carboxylic acids is 2. The molecular weight excluding hydrogens is 484 g/mol. The maximum atomic E-state index is 13.5. The molecule has 0 spiro atoms. The van der Waals surface area contributed by atoms with Crippen LogP contribution in [-0.2, 0) is 11.3 Å². The van der Waals surface area contributed by atoms with Gasteiger partial charge in [0.25, 0.3) is 11.5 Å². The molecule has 204 valence electrons. The molecule has 0 aliphatic carbocycles. The SMILES string of the molecule is COc1cc(C)[nH]c(=O)c1CNC(=O)c1c(C)n([C@H](C)C2CCN(C(=O)OC(C)C)CC2)c2ccccc12. The van der Waals surface area contributed by atoms with Crippen molar-refractivity contribution in [2.24, 2.45) is 5.92 Å². The quantitative estimate of drug-likeness (QED) is 0.468. The number of aromatic nitrogens is 2. The molecule has 3 aromatic rings. The molecule has 2 N–H and O–H groups in total. The number of fused-ring (bicyclic) bond motifs is 1. The van der Waals surface area contributed by atoms with Crippen LogP contribution in [0.1, 0.15) is 67.0 Å². The predicted octanol–water partition coefficient (Wildman–Crippen LogP) is 4.70. The summed E-state index contributed by atoms with van der Waals surface area (Å²) < 4.78 is 13.0. The van der Waals surface area contributed by atoms with E-state index in [0.29, 0.717) is 41.6 Å². The molecule has 0 radical (unpaired) electrons. The van der Waals surface area contributed by atoms with Crippen LogP contribution in [0.4, 0.5) is 4.79 Å². The Morgan fingerprint density at radius 2 is 1.82 bits per heavy atom. The Morgan fingerprint density at radius 3 is 2.47 bits per heavy atom. The van der Waals surface area contributed by atoms with Crippen LogP contribution in [0.25, 0.3) is 10.9 Å². The molecule has 1 saturated heterocycles. The number of methoxy groups -OCH3 is 1. The number of benzene rings is 1. The molecule has 2 amide bonds. The first-order chi connectivity index (χ1) is 18.1. The van der Waals surface area contributed by atoms with Gasteiger partial charge in [-0.25, -0.2) is 4.79 Å². The topological polar surface area (TPSA) is 106 Å². The molecule has 9 heteroatoms. The number of nitrogens with one attached hydrogen (secondary N) is 2. The van der Waals surface area contributed by atoms with E-state index in [1.54, 1.807) is 17.9 Å². The number of nitrogens with zero attached hydrogens (tertiary/aromatic N) is 2. The fourth-order valence-corrected chi connectivity index (χ4v) is 5.55. The molecule has 0 unspecified atom stereocenters. The fourth-order valence-electron chi connectivity index (χ4n) is 5.55. The summed E-state index contributed by atoms with van der Waals surface area (Å²) in [6.45, 7) is 11.0. The zero-order chi connectivity index (χ0) is 27.6. The third-order valence-corrected chi connectivity index (χ3v) is 7.48. The van der Waals surface area contributed by atoms with Crippen molar-refractivity contribution in [2.75, 3.05) is 20.2 Å². The number of H-pyrrole nitrogens is 1. The molecule has 4 rings (SSSR count). The Morgan fingerprint density at radius 1 is 1.13 bits per heavy atom. The van der Waals surface area contributed by atoms with Gasteiger partial charge in [-0.2, -0.15) is 0 Å². The van der Waals surface area contributed by atoms with Crippen LogP contribution in [0.2, 0.25) is 0 Å². The molecule has 3 heterocycles. The van der Waals surface area contributed by atoms with Crippen LogP contribution < -0.4 is 15.6 Å². The molecule has 1 aliphatic rings. The van der Waals surface area contributed by atoms with Gasteiger partial charge in [0, 0.05) is 41.4 Å². The lowest BCUT2D eigenvalue weighted by Crippen LogP contribution is -2.41. The summed E-state index contributed by atoms with van der Waals surface area (Å²) in [6.07, 6.45) is 1.33. The third kappa shape index (κ3) is 5.42. The predicted molar refractivity (Wildman–Crippen MR) is 147 cm³/mol. The highest BCUT2D eigenvalue weighted by Crippen LogP contribution is 2.36. The van der Waals surface area contributed by atoms with E-state index >= 15 is 0 Å². The molecule has 2 aromatic heterocycles. The van der Waals surface area contributed by atoms with E-state index in [1.807, 2.05) is 45.0 Å². The van der Waals surface area contributed by atoms with Crippen LogP contribution in [-0.4, -0.2) is 52.8 Å². The maximum absolute atomic E-state index is 13.5. The monoisotopic (exact) mass is 522 g/mol. The molecule has 38 heavy (non-hydrogen) atoms. The van der Waals surface area contributed by atoms with E-state index in [0.717, 1.165) is 29.4 Å². The lowest BCUT2D eigenvalue weighted by molar-refractivity contribution is 0.0615. The van der Waals surface area contributed by atoms with Crippen LogP contribution in [0.5, 0.6) is 5.75 Å². The number of aromatic amines is 1. The first-order valence-electron chi connectivity index (χ1n) is 13.2. The second kappa shape index (κ2) is 11.3. The lowest BCUT2D eigenvalue weighted by Gasteiger charge is -2.36. The van der Waals surface area contributed by atoms with Crippen molar-refractivity contribution in [3.8, 4) is 5.75 Å². The average Bonchev–Trinajstić information content (AvgIpc) is 3.18. The van der Waals surface area contributed by atoms with E-state index in [-0.39, 0.29) is 36.3 Å². The van der Waals surface area contributed by atoms with Crippen molar-refractivity contribution in [3.63, 3.8) is 0 Å². The summed E-state index contributed by atoms with van der Waals surface area (Å²) >= 11 is 0. The van der Waals surface area contributed by atoms with E-state index in [1.165, 1.54) is 7.11 Å². The van der Waals surface area contributed by atoms with Crippen molar-refractivity contribution in [3.05, 3.63) is 63.2 Å². The van der Waals surface area contributed by atoms with Gasteiger partial charge in [0.15, 0.2) is 0 Å². The summed E-state index contributed by atoms with van der Waals surface area (Å²) in [7, 11) is 1.51. The molecule has 1 atom stereocenters. The number of hydrogen-bond acceptors (Lipinski definition) is 5. The van der Waals surface area contributed by atoms with Crippen molar-refractivity contribution in [1.29, 1.82) is 0 Å². The Hall–Kier alpha value is -3.75. The smallest absolute Gasteiger partial charge is 0.410 e. The molecule has 1 aliphatic heterocycles. The van der Waals surface area contributed by atoms with Gasteiger partial charge in [-0.05, 0) is 65.5 Å². The van der Waals surface area contributed by atoms with Gasteiger partial charge in [-0.15, -0.1) is 0 Å². The summed E-state index contributed by atoms with van der Waals surface area (Å²) in [6, 6.07) is 9.79. The van der Waals surface area contributed by atoms with Gasteiger partial charge in [0.1, 0.15) is 5.75 Å². The van der Waals surface area contributed by atoms with Gasteiger partial charge in [-0.1, -0.05) is 18.2 Å². The summed E-state index contributed by atoms with van der Waals surface area (Å²) in [5.74, 6) is 0.555. The number of carbonyl (C=O) groups is 2. The molecule has 1 aromatic carbocycles. The fraction of sp³-hybridized carbons (Fsp3) is 0.483. The number of rotatable bonds is 7. The molecular formula is C29H38N4O5. The minimum absolute atomic E-state index is 0.0526. The largest absolute Gasteiger partial charge is 0.496 e. The van der Waals surface area contributed by atoms with E-state index in [2.05, 4.69) is 21.8 Å². The lowest BCUT2D eigenvalue weighted by atomic mass is 9.90. The Balaban J connectivity index is 1.56. The normalized spacial score (nSPS) is 15.1. The number of aryl methyl sites for hydroxylation is 1. The zero-order valence-electron chi connectivity index (χ0n) is 23.1. The number of para-hydroxylation sites is 1.